The van der Waals surface area contributed by atoms with Gasteiger partial charge in [0.05, 0.1) is 23.0 Å². The Morgan fingerprint density at radius 1 is 0.947 bits per heavy atom. The number of anilines is 1. The van der Waals surface area contributed by atoms with Crippen LogP contribution in [0.5, 0.6) is 0 Å². The van der Waals surface area contributed by atoms with Gasteiger partial charge in [-0.2, -0.15) is 10.2 Å². The summed E-state index contributed by atoms with van der Waals surface area (Å²) in [5.41, 5.74) is 4.93. The van der Waals surface area contributed by atoms with Crippen LogP contribution in [-0.2, 0) is 23.1 Å². The fourth-order valence-electron chi connectivity index (χ4n) is 4.67. The van der Waals surface area contributed by atoms with Crippen molar-refractivity contribution in [2.75, 3.05) is 4.90 Å². The molecule has 1 atom stereocenters. The first-order chi connectivity index (χ1) is 18.2. The van der Waals surface area contributed by atoms with Crippen molar-refractivity contribution < 1.29 is 14.7 Å². The molecule has 2 aromatic heterocycles. The largest absolute Gasteiger partial charge is 0.507 e. The van der Waals surface area contributed by atoms with E-state index in [2.05, 4.69) is 29.1 Å². The van der Waals surface area contributed by atoms with E-state index in [1.54, 1.807) is 35.9 Å². The topological polar surface area (TPSA) is 101 Å². The summed E-state index contributed by atoms with van der Waals surface area (Å²) in [6, 6.07) is 19.5. The van der Waals surface area contributed by atoms with Gasteiger partial charge in [-0.15, -0.1) is 5.10 Å². The van der Waals surface area contributed by atoms with Gasteiger partial charge in [0.2, 0.25) is 0 Å². The predicted octanol–water partition coefficient (Wildman–Crippen LogP) is 4.86. The van der Waals surface area contributed by atoms with Crippen molar-refractivity contribution in [1.82, 2.24) is 20.0 Å². The number of aliphatic hydroxyl groups excluding tert-OH is 1. The second kappa shape index (κ2) is 10.0. The van der Waals surface area contributed by atoms with Crippen LogP contribution in [0, 0.1) is 6.92 Å². The SMILES string of the molecule is Cc1ccc(N2C(=O)C(=O)/C(=C(\O)c3ccc(C(C)C)cc3)C2c2ccc(Cc3ccn(C)n3)cc2)nn1. The highest BCUT2D eigenvalue weighted by molar-refractivity contribution is 6.51. The number of carbonyl (C=O) groups is 2. The van der Waals surface area contributed by atoms with Crippen molar-refractivity contribution in [3.05, 3.63) is 112 Å². The van der Waals surface area contributed by atoms with Gasteiger partial charge in [0, 0.05) is 25.2 Å². The number of ketones is 1. The van der Waals surface area contributed by atoms with E-state index in [1.807, 2.05) is 55.7 Å². The number of carbonyl (C=O) groups excluding carboxylic acids is 2. The highest BCUT2D eigenvalue weighted by atomic mass is 16.3. The van der Waals surface area contributed by atoms with Crippen LogP contribution in [0.25, 0.3) is 5.76 Å². The Morgan fingerprint density at radius 2 is 1.66 bits per heavy atom. The van der Waals surface area contributed by atoms with E-state index in [9.17, 15) is 14.7 Å². The highest BCUT2D eigenvalue weighted by Crippen LogP contribution is 2.41. The fraction of sp³-hybridized carbons (Fsp3) is 0.233. The quantitative estimate of drug-likeness (QED) is 0.227. The molecule has 3 heterocycles. The van der Waals surface area contributed by atoms with Crippen molar-refractivity contribution in [2.24, 2.45) is 7.05 Å². The zero-order valence-corrected chi connectivity index (χ0v) is 21.8. The molecular formula is C30H29N5O3. The minimum atomic E-state index is -0.860. The van der Waals surface area contributed by atoms with Crippen molar-refractivity contribution in [3.63, 3.8) is 0 Å². The second-order valence-corrected chi connectivity index (χ2v) is 9.88. The fourth-order valence-corrected chi connectivity index (χ4v) is 4.67. The summed E-state index contributed by atoms with van der Waals surface area (Å²) in [4.78, 5) is 28.0. The Labute approximate surface area is 221 Å². The number of benzene rings is 2. The smallest absolute Gasteiger partial charge is 0.301 e. The standard InChI is InChI=1S/C30H29N5O3/c1-18(2)21-10-12-23(13-11-21)28(36)26-27(35(30(38)29(26)37)25-14-5-19(3)31-32-25)22-8-6-20(7-9-22)17-24-15-16-34(4)33-24/h5-16,18,27,36H,17H2,1-4H3/b28-26-. The van der Waals surface area contributed by atoms with Gasteiger partial charge in [-0.25, -0.2) is 0 Å². The summed E-state index contributed by atoms with van der Waals surface area (Å²) in [6.07, 6.45) is 2.54. The van der Waals surface area contributed by atoms with Gasteiger partial charge in [0.25, 0.3) is 5.78 Å². The Bertz CT molecular complexity index is 1520. The van der Waals surface area contributed by atoms with Crippen LogP contribution in [0.4, 0.5) is 5.82 Å². The number of Topliss-reactive ketones (excluding diaryl/α,β-unsaturated/α-hetero) is 1. The van der Waals surface area contributed by atoms with Crippen LogP contribution >= 0.6 is 0 Å². The first-order valence-electron chi connectivity index (χ1n) is 12.5. The molecule has 8 heteroatoms. The molecule has 0 radical (unpaired) electrons. The van der Waals surface area contributed by atoms with Crippen molar-refractivity contribution in [1.29, 1.82) is 0 Å². The number of hydrogen-bond acceptors (Lipinski definition) is 6. The first-order valence-corrected chi connectivity index (χ1v) is 12.5. The van der Waals surface area contributed by atoms with Gasteiger partial charge in [0.15, 0.2) is 5.82 Å². The van der Waals surface area contributed by atoms with Gasteiger partial charge in [0.1, 0.15) is 5.76 Å². The molecule has 0 bridgehead atoms. The molecule has 5 rings (SSSR count). The van der Waals surface area contributed by atoms with Crippen LogP contribution < -0.4 is 4.90 Å². The molecule has 0 spiro atoms. The lowest BCUT2D eigenvalue weighted by atomic mass is 9.93. The molecule has 2 aromatic carbocycles. The predicted molar refractivity (Wildman–Crippen MR) is 145 cm³/mol. The molecular weight excluding hydrogens is 478 g/mol. The number of aryl methyl sites for hydroxylation is 2. The molecule has 1 amide bonds. The molecule has 192 valence electrons. The molecule has 38 heavy (non-hydrogen) atoms. The third-order valence-electron chi connectivity index (χ3n) is 6.78. The monoisotopic (exact) mass is 507 g/mol. The summed E-state index contributed by atoms with van der Waals surface area (Å²) < 4.78 is 1.76. The summed E-state index contributed by atoms with van der Waals surface area (Å²) in [6.45, 7) is 5.96. The summed E-state index contributed by atoms with van der Waals surface area (Å²) >= 11 is 0. The zero-order chi connectivity index (χ0) is 27.0. The molecule has 1 aliphatic heterocycles. The molecule has 1 N–H and O–H groups in total. The normalized spacial score (nSPS) is 17.0. The number of aromatic nitrogens is 4. The molecule has 4 aromatic rings. The van der Waals surface area contributed by atoms with Gasteiger partial charge < -0.3 is 5.11 Å². The average Bonchev–Trinajstić information content (AvgIpc) is 3.44. The molecule has 1 aliphatic rings. The van der Waals surface area contributed by atoms with Crippen LogP contribution in [-0.4, -0.2) is 36.8 Å². The van der Waals surface area contributed by atoms with Gasteiger partial charge in [-0.3, -0.25) is 19.2 Å². The third kappa shape index (κ3) is 4.72. The lowest BCUT2D eigenvalue weighted by Crippen LogP contribution is -2.30. The summed E-state index contributed by atoms with van der Waals surface area (Å²) in [5, 5.41) is 24.1. The Hall–Kier alpha value is -4.59. The third-order valence-corrected chi connectivity index (χ3v) is 6.78. The van der Waals surface area contributed by atoms with Crippen molar-refractivity contribution in [3.8, 4) is 0 Å². The van der Waals surface area contributed by atoms with Gasteiger partial charge in [-0.1, -0.05) is 62.4 Å². The first kappa shape index (κ1) is 25.1. The zero-order valence-electron chi connectivity index (χ0n) is 21.8. The molecule has 8 nitrogen and oxygen atoms in total. The Kier molecular flexibility index (Phi) is 6.63. The van der Waals surface area contributed by atoms with E-state index in [-0.39, 0.29) is 17.2 Å². The van der Waals surface area contributed by atoms with Crippen LogP contribution in [0.2, 0.25) is 0 Å². The highest BCUT2D eigenvalue weighted by Gasteiger charge is 2.47. The van der Waals surface area contributed by atoms with Crippen LogP contribution in [0.15, 0.2) is 78.5 Å². The molecule has 0 aliphatic carbocycles. The minimum Gasteiger partial charge on any atom is -0.507 e. The van der Waals surface area contributed by atoms with Gasteiger partial charge >= 0.3 is 5.91 Å². The maximum atomic E-state index is 13.4. The number of amides is 1. The van der Waals surface area contributed by atoms with E-state index in [0.29, 0.717) is 29.2 Å². The Balaban J connectivity index is 1.59. The number of nitrogens with zero attached hydrogens (tertiary/aromatic N) is 5. The van der Waals surface area contributed by atoms with Crippen molar-refractivity contribution in [2.45, 2.75) is 39.2 Å². The van der Waals surface area contributed by atoms with Crippen molar-refractivity contribution >= 4 is 23.3 Å². The maximum absolute atomic E-state index is 13.4. The number of rotatable bonds is 6. The van der Waals surface area contributed by atoms with E-state index in [1.165, 1.54) is 4.90 Å². The number of aliphatic hydroxyl groups is 1. The lowest BCUT2D eigenvalue weighted by Gasteiger charge is -2.24. The molecule has 1 saturated heterocycles. The maximum Gasteiger partial charge on any atom is 0.301 e. The second-order valence-electron chi connectivity index (χ2n) is 9.88. The van der Waals surface area contributed by atoms with Gasteiger partial charge in [-0.05, 0) is 47.7 Å². The summed E-state index contributed by atoms with van der Waals surface area (Å²) in [7, 11) is 1.87. The molecule has 1 unspecified atom stereocenters. The van der Waals surface area contributed by atoms with E-state index < -0.39 is 17.7 Å². The van der Waals surface area contributed by atoms with E-state index in [0.717, 1.165) is 16.8 Å². The number of hydrogen-bond donors (Lipinski definition) is 1. The molecule has 1 fully saturated rings. The van der Waals surface area contributed by atoms with Crippen LogP contribution in [0.3, 0.4) is 0 Å². The van der Waals surface area contributed by atoms with E-state index in [4.69, 9.17) is 0 Å². The van der Waals surface area contributed by atoms with Crippen LogP contribution in [0.1, 0.15) is 59.4 Å². The minimum absolute atomic E-state index is 0.0205. The Morgan fingerprint density at radius 3 is 2.24 bits per heavy atom. The molecule has 0 saturated carbocycles. The lowest BCUT2D eigenvalue weighted by molar-refractivity contribution is -0.132. The van der Waals surface area contributed by atoms with E-state index >= 15 is 0 Å². The summed E-state index contributed by atoms with van der Waals surface area (Å²) in [5.74, 6) is -1.17. The average molecular weight is 508 g/mol.